The summed E-state index contributed by atoms with van der Waals surface area (Å²) in [7, 11) is 3.68. The van der Waals surface area contributed by atoms with Gasteiger partial charge in [-0.15, -0.1) is 0 Å². The van der Waals surface area contributed by atoms with Crippen LogP contribution in [0.2, 0.25) is 0 Å². The van der Waals surface area contributed by atoms with Gasteiger partial charge in [0.1, 0.15) is 0 Å². The minimum absolute atomic E-state index is 0.114. The van der Waals surface area contributed by atoms with E-state index >= 15 is 0 Å². The molecule has 0 aromatic heterocycles. The average Bonchev–Trinajstić information content (AvgIpc) is 2.15. The van der Waals surface area contributed by atoms with E-state index in [1.165, 1.54) is 0 Å². The van der Waals surface area contributed by atoms with Crippen LogP contribution in [0.25, 0.3) is 0 Å². The molecule has 0 spiro atoms. The molecule has 0 saturated carbocycles. The number of nitrogens with zero attached hydrogens (tertiary/aromatic N) is 2. The Morgan fingerprint density at radius 3 is 2.33 bits per heavy atom. The topological polar surface area (TPSA) is 40.6 Å². The summed E-state index contributed by atoms with van der Waals surface area (Å²) >= 11 is 0. The SMILES string of the molecule is C=C(CCN1CCN(C)CC1)S(=O)(=O)Cl. The Labute approximate surface area is 95.9 Å². The van der Waals surface area contributed by atoms with Crippen LogP contribution in [0.4, 0.5) is 0 Å². The molecule has 0 N–H and O–H groups in total. The minimum atomic E-state index is -3.57. The molecular weight excluding hydrogens is 236 g/mol. The minimum Gasteiger partial charge on any atom is -0.304 e. The highest BCUT2D eigenvalue weighted by atomic mass is 35.7. The summed E-state index contributed by atoms with van der Waals surface area (Å²) in [5.74, 6) is 0. The van der Waals surface area contributed by atoms with Crippen LogP contribution in [0.15, 0.2) is 11.5 Å². The molecule has 4 nitrogen and oxygen atoms in total. The summed E-state index contributed by atoms with van der Waals surface area (Å²) in [4.78, 5) is 4.60. The van der Waals surface area contributed by atoms with Crippen LogP contribution in [0, 0.1) is 0 Å². The molecule has 1 heterocycles. The molecule has 0 aromatic rings. The summed E-state index contributed by atoms with van der Waals surface area (Å²) in [6, 6.07) is 0. The molecule has 15 heavy (non-hydrogen) atoms. The highest BCUT2D eigenvalue weighted by Gasteiger charge is 2.16. The molecule has 1 fully saturated rings. The molecule has 0 bridgehead atoms. The lowest BCUT2D eigenvalue weighted by Crippen LogP contribution is -2.44. The molecule has 6 heteroatoms. The summed E-state index contributed by atoms with van der Waals surface area (Å²) in [5.41, 5.74) is 0. The van der Waals surface area contributed by atoms with Crippen molar-refractivity contribution in [2.75, 3.05) is 39.8 Å². The number of rotatable bonds is 4. The van der Waals surface area contributed by atoms with Crippen molar-refractivity contribution in [1.29, 1.82) is 0 Å². The standard InChI is InChI=1S/C9H17ClN2O2S/c1-9(15(10,13)14)3-4-12-7-5-11(2)6-8-12/h1,3-8H2,2H3. The van der Waals surface area contributed by atoms with Crippen LogP contribution < -0.4 is 0 Å². The first-order chi connectivity index (χ1) is 6.89. The van der Waals surface area contributed by atoms with Crippen molar-refractivity contribution < 1.29 is 8.42 Å². The lowest BCUT2D eigenvalue weighted by atomic mass is 10.3. The molecule has 88 valence electrons. The predicted octanol–water partition coefficient (Wildman–Crippen LogP) is 0.706. The fraction of sp³-hybridized carbons (Fsp3) is 0.778. The third kappa shape index (κ3) is 4.51. The quantitative estimate of drug-likeness (QED) is 0.691. The monoisotopic (exact) mass is 252 g/mol. The smallest absolute Gasteiger partial charge is 0.256 e. The molecule has 1 aliphatic rings. The van der Waals surface area contributed by atoms with Crippen LogP contribution >= 0.6 is 10.7 Å². The Hall–Kier alpha value is -0.100. The summed E-state index contributed by atoms with van der Waals surface area (Å²) in [6.45, 7) is 8.20. The van der Waals surface area contributed by atoms with Crippen LogP contribution in [0.3, 0.4) is 0 Å². The van der Waals surface area contributed by atoms with Gasteiger partial charge in [0.25, 0.3) is 9.05 Å². The maximum absolute atomic E-state index is 10.9. The molecule has 0 unspecified atom stereocenters. The number of halogens is 1. The normalized spacial score (nSPS) is 20.4. The van der Waals surface area contributed by atoms with Gasteiger partial charge in [0.15, 0.2) is 0 Å². The summed E-state index contributed by atoms with van der Waals surface area (Å²) in [6.07, 6.45) is 0.426. The van der Waals surface area contributed by atoms with Crippen molar-refractivity contribution in [3.63, 3.8) is 0 Å². The first-order valence-electron chi connectivity index (χ1n) is 4.93. The van der Waals surface area contributed by atoms with Gasteiger partial charge in [-0.1, -0.05) is 6.58 Å². The highest BCUT2D eigenvalue weighted by molar-refractivity contribution is 8.16. The highest BCUT2D eigenvalue weighted by Crippen LogP contribution is 2.14. The first-order valence-corrected chi connectivity index (χ1v) is 7.24. The Kier molecular flexibility index (Phi) is 4.58. The Balaban J connectivity index is 2.29. The van der Waals surface area contributed by atoms with E-state index in [9.17, 15) is 8.42 Å². The third-order valence-corrected chi connectivity index (χ3v) is 4.20. The van der Waals surface area contributed by atoms with Gasteiger partial charge in [0.05, 0.1) is 4.91 Å². The summed E-state index contributed by atoms with van der Waals surface area (Å²) < 4.78 is 21.8. The maximum atomic E-state index is 10.9. The van der Waals surface area contributed by atoms with E-state index < -0.39 is 9.05 Å². The van der Waals surface area contributed by atoms with Crippen LogP contribution in [0.5, 0.6) is 0 Å². The van der Waals surface area contributed by atoms with Gasteiger partial charge in [-0.25, -0.2) is 8.42 Å². The number of piperazine rings is 1. The van der Waals surface area contributed by atoms with E-state index in [4.69, 9.17) is 10.7 Å². The zero-order valence-electron chi connectivity index (χ0n) is 8.95. The van der Waals surface area contributed by atoms with Gasteiger partial charge in [-0.2, -0.15) is 0 Å². The first kappa shape index (κ1) is 13.0. The number of hydrogen-bond acceptors (Lipinski definition) is 4. The number of hydrogen-bond donors (Lipinski definition) is 0. The molecule has 1 saturated heterocycles. The van der Waals surface area contributed by atoms with Crippen LogP contribution in [-0.4, -0.2) is 58.0 Å². The van der Waals surface area contributed by atoms with Crippen molar-refractivity contribution >= 4 is 19.7 Å². The molecular formula is C9H17ClN2O2S. The lowest BCUT2D eigenvalue weighted by Gasteiger charge is -2.32. The van der Waals surface area contributed by atoms with Crippen LogP contribution in [0.1, 0.15) is 6.42 Å². The van der Waals surface area contributed by atoms with Gasteiger partial charge < -0.3 is 9.80 Å². The zero-order chi connectivity index (χ0) is 11.5. The van der Waals surface area contributed by atoms with Crippen molar-refractivity contribution in [3.8, 4) is 0 Å². The predicted molar refractivity (Wildman–Crippen MR) is 62.5 cm³/mol. The molecule has 1 aliphatic heterocycles. The van der Waals surface area contributed by atoms with E-state index in [0.29, 0.717) is 6.42 Å². The Morgan fingerprint density at radius 1 is 1.33 bits per heavy atom. The summed E-state index contributed by atoms with van der Waals surface area (Å²) in [5, 5.41) is 0. The fourth-order valence-corrected chi connectivity index (χ4v) is 2.04. The molecule has 0 amide bonds. The van der Waals surface area contributed by atoms with Crippen molar-refractivity contribution in [1.82, 2.24) is 9.80 Å². The fourth-order valence-electron chi connectivity index (χ4n) is 1.48. The van der Waals surface area contributed by atoms with Gasteiger partial charge in [-0.3, -0.25) is 0 Å². The second-order valence-corrected chi connectivity index (χ2v) is 6.54. The number of likely N-dealkylation sites (N-methyl/N-ethyl adjacent to an activating group) is 1. The molecule has 0 radical (unpaired) electrons. The van der Waals surface area contributed by atoms with E-state index in [2.05, 4.69) is 23.4 Å². The van der Waals surface area contributed by atoms with Gasteiger partial charge in [0.2, 0.25) is 0 Å². The second-order valence-electron chi connectivity index (χ2n) is 3.87. The van der Waals surface area contributed by atoms with Gasteiger partial charge in [0, 0.05) is 43.4 Å². The molecule has 0 aliphatic carbocycles. The third-order valence-electron chi connectivity index (χ3n) is 2.65. The average molecular weight is 253 g/mol. The van der Waals surface area contributed by atoms with Gasteiger partial charge in [-0.05, 0) is 13.5 Å². The van der Waals surface area contributed by atoms with E-state index in [1.807, 2.05) is 0 Å². The van der Waals surface area contributed by atoms with Crippen molar-refractivity contribution in [2.24, 2.45) is 0 Å². The molecule has 1 rings (SSSR count). The van der Waals surface area contributed by atoms with Crippen molar-refractivity contribution in [3.05, 3.63) is 11.5 Å². The van der Waals surface area contributed by atoms with E-state index in [-0.39, 0.29) is 4.91 Å². The van der Waals surface area contributed by atoms with E-state index in [0.717, 1.165) is 32.7 Å². The Bertz CT molecular complexity index is 321. The largest absolute Gasteiger partial charge is 0.304 e. The van der Waals surface area contributed by atoms with Crippen molar-refractivity contribution in [2.45, 2.75) is 6.42 Å². The van der Waals surface area contributed by atoms with E-state index in [1.54, 1.807) is 0 Å². The lowest BCUT2D eigenvalue weighted by molar-refractivity contribution is 0.156. The Morgan fingerprint density at radius 2 is 1.87 bits per heavy atom. The zero-order valence-corrected chi connectivity index (χ0v) is 10.5. The molecule has 0 atom stereocenters. The maximum Gasteiger partial charge on any atom is 0.256 e. The van der Waals surface area contributed by atoms with Crippen LogP contribution in [-0.2, 0) is 9.05 Å². The van der Waals surface area contributed by atoms with Gasteiger partial charge >= 0.3 is 0 Å². The second kappa shape index (κ2) is 5.30. The molecule has 0 aromatic carbocycles.